The number of carboxylic acids is 2. The molecule has 0 bridgehead atoms. The van der Waals surface area contributed by atoms with Crippen LogP contribution in [0.15, 0.2) is 0 Å². The van der Waals surface area contributed by atoms with Crippen molar-refractivity contribution in [1.29, 1.82) is 0 Å². The van der Waals surface area contributed by atoms with Crippen molar-refractivity contribution in [3.63, 3.8) is 0 Å². The van der Waals surface area contributed by atoms with E-state index in [1.54, 1.807) is 0 Å². The Labute approximate surface area is 185 Å². The second-order valence-corrected chi connectivity index (χ2v) is 5.84. The zero-order chi connectivity index (χ0) is 15.8. The maximum Gasteiger partial charge on any atom is 1.00 e. The van der Waals surface area contributed by atoms with Crippen molar-refractivity contribution in [2.75, 3.05) is 0 Å². The van der Waals surface area contributed by atoms with Crippen LogP contribution in [0.4, 0.5) is 0 Å². The Bertz CT molecular complexity index is 247. The first-order chi connectivity index (χ1) is 10.1. The van der Waals surface area contributed by atoms with Crippen molar-refractivity contribution in [2.24, 2.45) is 0 Å². The fraction of sp³-hybridized carbons (Fsp3) is 0.882. The molecule has 23 heavy (non-hydrogen) atoms. The number of hydrogen-bond donors (Lipinski definition) is 0. The quantitative estimate of drug-likeness (QED) is 0.214. The molecule has 0 rings (SSSR count). The summed E-state index contributed by atoms with van der Waals surface area (Å²) in [5.41, 5.74) is 0. The van der Waals surface area contributed by atoms with Gasteiger partial charge in [-0.1, -0.05) is 70.6 Å². The minimum absolute atomic E-state index is 0. The molecule has 124 valence electrons. The molecule has 6 heteroatoms. The summed E-state index contributed by atoms with van der Waals surface area (Å²) in [6.07, 6.45) is 14.9. The van der Waals surface area contributed by atoms with Gasteiger partial charge >= 0.3 is 59.1 Å². The van der Waals surface area contributed by atoms with Crippen LogP contribution in [0.25, 0.3) is 0 Å². The van der Waals surface area contributed by atoms with Crippen molar-refractivity contribution in [2.45, 2.75) is 96.3 Å². The molecule has 0 aromatic carbocycles. The Morgan fingerprint density at radius 3 is 0.783 bits per heavy atom. The first-order valence-corrected chi connectivity index (χ1v) is 8.52. The summed E-state index contributed by atoms with van der Waals surface area (Å²) in [7, 11) is 0. The Hall–Kier alpha value is 0.940. The van der Waals surface area contributed by atoms with E-state index in [4.69, 9.17) is 0 Å². The number of carbonyl (C=O) groups excluding carboxylic acids is 2. The number of carboxylic acid groups (broad SMARTS) is 2. The number of unbranched alkanes of at least 4 members (excludes halogenated alkanes) is 12. The van der Waals surface area contributed by atoms with Gasteiger partial charge in [0.15, 0.2) is 0 Å². The van der Waals surface area contributed by atoms with Gasteiger partial charge in [0, 0.05) is 11.9 Å². The van der Waals surface area contributed by atoms with Crippen LogP contribution in [-0.4, -0.2) is 11.9 Å². The maximum absolute atomic E-state index is 10.2. The third kappa shape index (κ3) is 28.0. The van der Waals surface area contributed by atoms with Gasteiger partial charge in [0.25, 0.3) is 0 Å². The molecule has 0 radical (unpaired) electrons. The predicted molar refractivity (Wildman–Crippen MR) is 79.3 cm³/mol. The monoisotopic (exact) mass is 344 g/mol. The van der Waals surface area contributed by atoms with Crippen molar-refractivity contribution in [3.05, 3.63) is 0 Å². The summed E-state index contributed by atoms with van der Waals surface area (Å²) >= 11 is 0. The number of hydrogen-bond acceptors (Lipinski definition) is 4. The van der Waals surface area contributed by atoms with E-state index in [1.807, 2.05) is 0 Å². The van der Waals surface area contributed by atoms with Crippen LogP contribution in [0.3, 0.4) is 0 Å². The molecule has 0 atom stereocenters. The molecule has 0 fully saturated rings. The van der Waals surface area contributed by atoms with E-state index in [0.29, 0.717) is 0 Å². The Morgan fingerprint density at radius 1 is 0.435 bits per heavy atom. The molecule has 0 aliphatic carbocycles. The predicted octanol–water partition coefficient (Wildman–Crippen LogP) is -3.65. The summed E-state index contributed by atoms with van der Waals surface area (Å²) in [4.78, 5) is 20.4. The van der Waals surface area contributed by atoms with Gasteiger partial charge in [-0.05, 0) is 25.7 Å². The molecule has 0 N–H and O–H groups in total. The molecule has 0 heterocycles. The van der Waals surface area contributed by atoms with Gasteiger partial charge in [0.2, 0.25) is 0 Å². The van der Waals surface area contributed by atoms with Gasteiger partial charge in [0.05, 0.1) is 0 Å². The topological polar surface area (TPSA) is 80.3 Å². The molecular formula is C17H30Na2O4. The smallest absolute Gasteiger partial charge is 0.550 e. The van der Waals surface area contributed by atoms with Crippen molar-refractivity contribution < 1.29 is 78.9 Å². The van der Waals surface area contributed by atoms with Gasteiger partial charge in [-0.25, -0.2) is 0 Å². The molecule has 0 aromatic heterocycles. The molecule has 0 aliphatic rings. The first-order valence-electron chi connectivity index (χ1n) is 8.52. The van der Waals surface area contributed by atoms with Crippen LogP contribution in [0.2, 0.25) is 0 Å². The molecule has 0 unspecified atom stereocenters. The molecular weight excluding hydrogens is 314 g/mol. The van der Waals surface area contributed by atoms with E-state index in [0.717, 1.165) is 38.5 Å². The summed E-state index contributed by atoms with van der Waals surface area (Å²) in [6, 6.07) is 0. The van der Waals surface area contributed by atoms with Crippen molar-refractivity contribution in [1.82, 2.24) is 0 Å². The average molecular weight is 344 g/mol. The SMILES string of the molecule is O=C([O-])CCCCCCCCCCCCCCCC(=O)[O-].[Na+].[Na+]. The number of aliphatic carboxylic acids is 2. The Balaban J connectivity index is -0.00000200. The number of carbonyl (C=O) groups is 2. The molecule has 0 aromatic rings. The zero-order valence-electron chi connectivity index (χ0n) is 15.2. The van der Waals surface area contributed by atoms with Gasteiger partial charge in [-0.3, -0.25) is 0 Å². The first kappa shape index (κ1) is 28.7. The summed E-state index contributed by atoms with van der Waals surface area (Å²) < 4.78 is 0. The van der Waals surface area contributed by atoms with Gasteiger partial charge < -0.3 is 19.8 Å². The van der Waals surface area contributed by atoms with Crippen LogP contribution < -0.4 is 69.3 Å². The van der Waals surface area contributed by atoms with E-state index in [1.165, 1.54) is 44.9 Å². The summed E-state index contributed by atoms with van der Waals surface area (Å²) in [5, 5.41) is 20.4. The molecule has 0 saturated heterocycles. The van der Waals surface area contributed by atoms with E-state index in [-0.39, 0.29) is 72.0 Å². The summed E-state index contributed by atoms with van der Waals surface area (Å²) in [6.45, 7) is 0. The standard InChI is InChI=1S/C17H32O4.2Na/c18-16(19)14-12-10-8-6-4-2-1-3-5-7-9-11-13-15-17(20)21;;/h1-15H2,(H,18,19)(H,20,21);;/q;2*+1/p-2. The largest absolute Gasteiger partial charge is 1.00 e. The van der Waals surface area contributed by atoms with Gasteiger partial charge in [-0.2, -0.15) is 0 Å². The third-order valence-corrected chi connectivity index (χ3v) is 3.76. The molecule has 0 aliphatic heterocycles. The second-order valence-electron chi connectivity index (χ2n) is 5.84. The van der Waals surface area contributed by atoms with Crippen LogP contribution in [0.1, 0.15) is 96.3 Å². The van der Waals surface area contributed by atoms with E-state index in [2.05, 4.69) is 0 Å². The maximum atomic E-state index is 10.2. The Morgan fingerprint density at radius 2 is 0.609 bits per heavy atom. The fourth-order valence-electron chi connectivity index (χ4n) is 2.48. The normalized spacial score (nSPS) is 9.74. The fourth-order valence-corrected chi connectivity index (χ4v) is 2.48. The van der Waals surface area contributed by atoms with E-state index >= 15 is 0 Å². The third-order valence-electron chi connectivity index (χ3n) is 3.76. The van der Waals surface area contributed by atoms with E-state index in [9.17, 15) is 19.8 Å². The summed E-state index contributed by atoms with van der Waals surface area (Å²) in [5.74, 6) is -1.87. The zero-order valence-corrected chi connectivity index (χ0v) is 19.2. The molecule has 0 amide bonds. The van der Waals surface area contributed by atoms with Crippen LogP contribution in [-0.2, 0) is 9.59 Å². The Kier molecular flexibility index (Phi) is 28.7. The minimum Gasteiger partial charge on any atom is -0.550 e. The molecule has 0 spiro atoms. The minimum atomic E-state index is -0.936. The number of rotatable bonds is 16. The van der Waals surface area contributed by atoms with Crippen LogP contribution in [0, 0.1) is 0 Å². The average Bonchev–Trinajstić information content (AvgIpc) is 2.42. The van der Waals surface area contributed by atoms with Gasteiger partial charge in [-0.15, -0.1) is 0 Å². The molecule has 4 nitrogen and oxygen atoms in total. The van der Waals surface area contributed by atoms with Crippen LogP contribution in [0.5, 0.6) is 0 Å². The molecule has 0 saturated carbocycles. The van der Waals surface area contributed by atoms with Crippen LogP contribution >= 0.6 is 0 Å². The van der Waals surface area contributed by atoms with E-state index < -0.39 is 11.9 Å². The second kappa shape index (κ2) is 22.9. The van der Waals surface area contributed by atoms with Crippen molar-refractivity contribution >= 4 is 11.9 Å². The van der Waals surface area contributed by atoms with Crippen molar-refractivity contribution in [3.8, 4) is 0 Å². The van der Waals surface area contributed by atoms with Gasteiger partial charge in [0.1, 0.15) is 0 Å².